The highest BCUT2D eigenvalue weighted by atomic mass is 35.5. The van der Waals surface area contributed by atoms with Crippen molar-refractivity contribution in [2.75, 3.05) is 23.0 Å². The summed E-state index contributed by atoms with van der Waals surface area (Å²) in [7, 11) is 0. The van der Waals surface area contributed by atoms with Crippen molar-refractivity contribution in [1.29, 1.82) is 0 Å². The van der Waals surface area contributed by atoms with Crippen LogP contribution >= 0.6 is 46.3 Å². The molecule has 11 heteroatoms. The van der Waals surface area contributed by atoms with Crippen molar-refractivity contribution >= 4 is 68.9 Å². The molecule has 0 fully saturated rings. The Kier molecular flexibility index (Phi) is 7.92. The third-order valence-corrected chi connectivity index (χ3v) is 6.11. The van der Waals surface area contributed by atoms with Crippen molar-refractivity contribution < 1.29 is 14.3 Å². The Balaban J connectivity index is 1.51. The van der Waals surface area contributed by atoms with Crippen LogP contribution in [0.3, 0.4) is 0 Å². The first-order valence-corrected chi connectivity index (χ1v) is 11.3. The monoisotopic (exact) mass is 482 g/mol. The van der Waals surface area contributed by atoms with Crippen LogP contribution in [0.25, 0.3) is 0 Å². The number of aromatic nitrogens is 2. The third kappa shape index (κ3) is 6.33. The second-order valence-electron chi connectivity index (χ2n) is 5.75. The number of hydrogen-bond acceptors (Lipinski definition) is 7. The fourth-order valence-electron chi connectivity index (χ4n) is 2.28. The number of ether oxygens (including phenoxy) is 1. The summed E-state index contributed by atoms with van der Waals surface area (Å²) in [5, 5.41) is 14.3. The Labute approximate surface area is 191 Å². The molecule has 0 aliphatic carbocycles. The van der Waals surface area contributed by atoms with Crippen LogP contribution in [0.2, 0.25) is 10.0 Å². The number of nitrogens with zero attached hydrogens (tertiary/aromatic N) is 2. The quantitative estimate of drug-likeness (QED) is 0.337. The van der Waals surface area contributed by atoms with E-state index >= 15 is 0 Å². The highest BCUT2D eigenvalue weighted by Gasteiger charge is 2.15. The summed E-state index contributed by atoms with van der Waals surface area (Å²) in [6, 6.07) is 11.7. The minimum Gasteiger partial charge on any atom is -0.494 e. The lowest BCUT2D eigenvalue weighted by Gasteiger charge is -2.06. The van der Waals surface area contributed by atoms with E-state index in [1.54, 1.807) is 36.4 Å². The summed E-state index contributed by atoms with van der Waals surface area (Å²) >= 11 is 14.3. The molecule has 1 aromatic heterocycles. The molecule has 2 aromatic carbocycles. The lowest BCUT2D eigenvalue weighted by atomic mass is 10.2. The maximum Gasteiger partial charge on any atom is 0.259 e. The molecule has 0 saturated heterocycles. The summed E-state index contributed by atoms with van der Waals surface area (Å²) in [5.41, 5.74) is 0.913. The van der Waals surface area contributed by atoms with Gasteiger partial charge in [-0.3, -0.25) is 14.9 Å². The van der Waals surface area contributed by atoms with Crippen LogP contribution in [0.15, 0.2) is 46.8 Å². The second kappa shape index (κ2) is 10.6. The van der Waals surface area contributed by atoms with Gasteiger partial charge in [-0.05, 0) is 49.4 Å². The standard InChI is InChI=1S/C19H16Cl2N4O3S2/c1-2-28-13-6-4-12(5-7-13)22-16(26)10-29-19-25-24-18(30-19)23-17(27)14-9-11(20)3-8-15(14)21/h3-9H,2,10H2,1H3,(H,22,26)(H,23,24,27). The molecule has 2 N–H and O–H groups in total. The molecular formula is C19H16Cl2N4O3S2. The van der Waals surface area contributed by atoms with Gasteiger partial charge in [0.05, 0.1) is 22.9 Å². The Morgan fingerprint density at radius 1 is 1.10 bits per heavy atom. The van der Waals surface area contributed by atoms with Gasteiger partial charge in [-0.1, -0.05) is 46.3 Å². The third-order valence-electron chi connectivity index (χ3n) is 3.58. The molecule has 156 valence electrons. The number of benzene rings is 2. The highest BCUT2D eigenvalue weighted by Crippen LogP contribution is 2.27. The van der Waals surface area contributed by atoms with Gasteiger partial charge in [0.1, 0.15) is 5.75 Å². The largest absolute Gasteiger partial charge is 0.494 e. The van der Waals surface area contributed by atoms with Gasteiger partial charge in [0.15, 0.2) is 4.34 Å². The topological polar surface area (TPSA) is 93.2 Å². The van der Waals surface area contributed by atoms with Crippen molar-refractivity contribution in [1.82, 2.24) is 10.2 Å². The van der Waals surface area contributed by atoms with Crippen molar-refractivity contribution in [2.45, 2.75) is 11.3 Å². The van der Waals surface area contributed by atoms with Gasteiger partial charge in [-0.15, -0.1) is 10.2 Å². The maximum absolute atomic E-state index is 12.3. The number of carbonyl (C=O) groups excluding carboxylic acids is 2. The molecular weight excluding hydrogens is 467 g/mol. The summed E-state index contributed by atoms with van der Waals surface area (Å²) in [6.45, 7) is 2.49. The number of anilines is 2. The van der Waals surface area contributed by atoms with E-state index in [0.29, 0.717) is 26.8 Å². The molecule has 0 radical (unpaired) electrons. The van der Waals surface area contributed by atoms with E-state index in [-0.39, 0.29) is 22.2 Å². The molecule has 7 nitrogen and oxygen atoms in total. The molecule has 0 saturated carbocycles. The molecule has 0 bridgehead atoms. The van der Waals surface area contributed by atoms with Crippen LogP contribution < -0.4 is 15.4 Å². The highest BCUT2D eigenvalue weighted by molar-refractivity contribution is 8.01. The van der Waals surface area contributed by atoms with E-state index in [1.807, 2.05) is 6.92 Å². The van der Waals surface area contributed by atoms with E-state index < -0.39 is 5.91 Å². The summed E-state index contributed by atoms with van der Waals surface area (Å²) in [6.07, 6.45) is 0. The molecule has 0 atom stereocenters. The fraction of sp³-hybridized carbons (Fsp3) is 0.158. The lowest BCUT2D eigenvalue weighted by molar-refractivity contribution is -0.113. The normalized spacial score (nSPS) is 10.5. The zero-order valence-electron chi connectivity index (χ0n) is 15.6. The SMILES string of the molecule is CCOc1ccc(NC(=O)CSc2nnc(NC(=O)c3cc(Cl)ccc3Cl)s2)cc1. The Hall–Kier alpha value is -2.33. The van der Waals surface area contributed by atoms with Crippen LogP contribution in [0, 0.1) is 0 Å². The van der Waals surface area contributed by atoms with Gasteiger partial charge < -0.3 is 10.1 Å². The van der Waals surface area contributed by atoms with Crippen molar-refractivity contribution in [3.05, 3.63) is 58.1 Å². The fourth-order valence-corrected chi connectivity index (χ4v) is 4.20. The number of nitrogens with one attached hydrogen (secondary N) is 2. The molecule has 0 aliphatic heterocycles. The Bertz CT molecular complexity index is 1040. The molecule has 2 amide bonds. The van der Waals surface area contributed by atoms with E-state index in [2.05, 4.69) is 20.8 Å². The predicted octanol–water partition coefficient (Wildman–Crippen LogP) is 5.23. The molecule has 3 aromatic rings. The molecule has 0 spiro atoms. The van der Waals surface area contributed by atoms with Gasteiger partial charge in [-0.25, -0.2) is 0 Å². The van der Waals surface area contributed by atoms with Crippen LogP contribution in [0.4, 0.5) is 10.8 Å². The van der Waals surface area contributed by atoms with Crippen molar-refractivity contribution in [2.24, 2.45) is 0 Å². The molecule has 30 heavy (non-hydrogen) atoms. The molecule has 1 heterocycles. The van der Waals surface area contributed by atoms with Gasteiger partial charge in [0, 0.05) is 10.7 Å². The first-order chi connectivity index (χ1) is 14.4. The molecule has 0 unspecified atom stereocenters. The molecule has 0 aliphatic rings. The van der Waals surface area contributed by atoms with E-state index in [9.17, 15) is 9.59 Å². The number of hydrogen-bond donors (Lipinski definition) is 2. The van der Waals surface area contributed by atoms with Crippen LogP contribution in [0.5, 0.6) is 5.75 Å². The van der Waals surface area contributed by atoms with Gasteiger partial charge in [0.2, 0.25) is 11.0 Å². The first kappa shape index (κ1) is 22.4. The average Bonchev–Trinajstić information content (AvgIpc) is 3.17. The predicted molar refractivity (Wildman–Crippen MR) is 121 cm³/mol. The average molecular weight is 483 g/mol. The lowest BCUT2D eigenvalue weighted by Crippen LogP contribution is -2.13. The van der Waals surface area contributed by atoms with Gasteiger partial charge in [0.25, 0.3) is 5.91 Å². The van der Waals surface area contributed by atoms with Crippen molar-refractivity contribution in [3.8, 4) is 5.75 Å². The van der Waals surface area contributed by atoms with Crippen molar-refractivity contribution in [3.63, 3.8) is 0 Å². The van der Waals surface area contributed by atoms with E-state index in [0.717, 1.165) is 17.1 Å². The number of thioether (sulfide) groups is 1. The number of rotatable bonds is 8. The zero-order chi connectivity index (χ0) is 21.5. The number of halogens is 2. The van der Waals surface area contributed by atoms with Crippen LogP contribution in [-0.2, 0) is 4.79 Å². The van der Waals surface area contributed by atoms with E-state index in [1.165, 1.54) is 17.8 Å². The summed E-state index contributed by atoms with van der Waals surface area (Å²) in [5.74, 6) is 0.266. The Morgan fingerprint density at radius 3 is 2.60 bits per heavy atom. The minimum absolute atomic E-state index is 0.149. The molecule has 3 rings (SSSR count). The van der Waals surface area contributed by atoms with Gasteiger partial charge in [-0.2, -0.15) is 0 Å². The minimum atomic E-state index is -0.441. The number of carbonyl (C=O) groups is 2. The van der Waals surface area contributed by atoms with Gasteiger partial charge >= 0.3 is 0 Å². The zero-order valence-corrected chi connectivity index (χ0v) is 18.8. The van der Waals surface area contributed by atoms with Crippen LogP contribution in [-0.4, -0.2) is 34.4 Å². The number of amides is 2. The Morgan fingerprint density at radius 2 is 1.87 bits per heavy atom. The maximum atomic E-state index is 12.3. The smallest absolute Gasteiger partial charge is 0.259 e. The van der Waals surface area contributed by atoms with Crippen LogP contribution in [0.1, 0.15) is 17.3 Å². The second-order valence-corrected chi connectivity index (χ2v) is 8.79. The summed E-state index contributed by atoms with van der Waals surface area (Å²) in [4.78, 5) is 24.5. The summed E-state index contributed by atoms with van der Waals surface area (Å²) < 4.78 is 5.91. The van der Waals surface area contributed by atoms with E-state index in [4.69, 9.17) is 27.9 Å². The first-order valence-electron chi connectivity index (χ1n) is 8.70.